The van der Waals surface area contributed by atoms with Gasteiger partial charge in [0.05, 0.1) is 51.9 Å². The quantitative estimate of drug-likeness (QED) is 0.244. The van der Waals surface area contributed by atoms with E-state index in [-0.39, 0.29) is 18.5 Å². The summed E-state index contributed by atoms with van der Waals surface area (Å²) >= 11 is 0. The van der Waals surface area contributed by atoms with Crippen molar-refractivity contribution in [2.45, 2.75) is 58.0 Å². The molecular formula is C34H31N7O5. The van der Waals surface area contributed by atoms with Crippen molar-refractivity contribution in [3.05, 3.63) is 81.2 Å². The minimum absolute atomic E-state index is 0.0560. The summed E-state index contributed by atoms with van der Waals surface area (Å²) in [5.41, 5.74) is 6.25. The van der Waals surface area contributed by atoms with E-state index in [2.05, 4.69) is 21.3 Å². The summed E-state index contributed by atoms with van der Waals surface area (Å²) in [6.45, 7) is 4.14. The molecule has 7 heterocycles. The Morgan fingerprint density at radius 1 is 1.02 bits per heavy atom. The van der Waals surface area contributed by atoms with Crippen LogP contribution in [0.1, 0.15) is 77.0 Å². The van der Waals surface area contributed by atoms with Gasteiger partial charge in [0.2, 0.25) is 11.8 Å². The van der Waals surface area contributed by atoms with Crippen LogP contribution in [0.5, 0.6) is 0 Å². The third-order valence-corrected chi connectivity index (χ3v) is 9.44. The van der Waals surface area contributed by atoms with Gasteiger partial charge in [-0.25, -0.2) is 4.79 Å². The predicted octanol–water partition coefficient (Wildman–Crippen LogP) is 4.98. The van der Waals surface area contributed by atoms with E-state index >= 15 is 0 Å². The largest absolute Gasteiger partial charge is 0.421 e. The van der Waals surface area contributed by atoms with Crippen LogP contribution >= 0.6 is 0 Å². The number of benzene rings is 1. The maximum Gasteiger partial charge on any atom is 0.420 e. The maximum absolute atomic E-state index is 14.0. The second-order valence-corrected chi connectivity index (χ2v) is 12.2. The molecule has 0 bridgehead atoms. The highest BCUT2D eigenvalue weighted by atomic mass is 16.5. The van der Waals surface area contributed by atoms with Crippen LogP contribution in [0.2, 0.25) is 0 Å². The van der Waals surface area contributed by atoms with E-state index in [1.54, 1.807) is 25.1 Å². The second-order valence-electron chi connectivity index (χ2n) is 12.2. The van der Waals surface area contributed by atoms with E-state index in [1.807, 2.05) is 17.0 Å². The number of oxazole rings is 1. The SMILES string of the molecule is Cc1nnc(-c2c(CCC3CCOCC3)nc3c(c2-c2ccc4c(c2)oc(=O)n4Cc2ccc(C#N)cn2)C(=O)N2CCC[C@H]32)o1. The van der Waals surface area contributed by atoms with E-state index in [1.165, 1.54) is 10.8 Å². The highest BCUT2D eigenvalue weighted by Crippen LogP contribution is 2.48. The van der Waals surface area contributed by atoms with Crippen LogP contribution in [-0.4, -0.2) is 55.3 Å². The number of ether oxygens (including phenoxy) is 1. The lowest BCUT2D eigenvalue weighted by Crippen LogP contribution is -2.23. The first kappa shape index (κ1) is 28.3. The fraction of sp³-hybridized carbons (Fsp3) is 0.382. The number of carbonyl (C=O) groups excluding carboxylic acids is 1. The summed E-state index contributed by atoms with van der Waals surface area (Å²) in [4.78, 5) is 38.6. The van der Waals surface area contributed by atoms with Crippen LogP contribution in [0.25, 0.3) is 33.7 Å². The molecule has 2 fully saturated rings. The van der Waals surface area contributed by atoms with E-state index in [9.17, 15) is 9.59 Å². The third kappa shape index (κ3) is 4.79. The number of carbonyl (C=O) groups is 1. The zero-order valence-corrected chi connectivity index (χ0v) is 25.4. The van der Waals surface area contributed by atoms with Gasteiger partial charge in [0, 0.05) is 38.4 Å². The molecule has 0 saturated carbocycles. The number of nitrogens with zero attached hydrogens (tertiary/aromatic N) is 7. The average Bonchev–Trinajstić information content (AvgIpc) is 3.86. The second kappa shape index (κ2) is 11.3. The number of hydrogen-bond acceptors (Lipinski definition) is 10. The van der Waals surface area contributed by atoms with E-state index in [4.69, 9.17) is 23.8 Å². The molecule has 5 aromatic rings. The molecule has 1 aromatic carbocycles. The third-order valence-electron chi connectivity index (χ3n) is 9.44. The summed E-state index contributed by atoms with van der Waals surface area (Å²) in [6, 6.07) is 10.9. The van der Waals surface area contributed by atoms with Gasteiger partial charge in [0.1, 0.15) is 6.07 Å². The Morgan fingerprint density at radius 3 is 2.65 bits per heavy atom. The number of rotatable bonds is 7. The van der Waals surface area contributed by atoms with E-state index < -0.39 is 5.76 Å². The van der Waals surface area contributed by atoms with Gasteiger partial charge in [-0.3, -0.25) is 19.3 Å². The standard InChI is InChI=1S/C34H31N7O5/c1-19-38-39-32(45-19)29-24(8-5-20-10-13-44-14-11-20)37-31-26-3-2-12-40(26)33(42)30(31)28(29)22-6-9-25-27(15-22)46-34(43)41(25)18-23-7-4-21(16-35)17-36-23/h4,6-7,9,15,17,20,26H,2-3,5,8,10-14,18H2,1H3/t26-/m1/s1. The summed E-state index contributed by atoms with van der Waals surface area (Å²) in [5, 5.41) is 17.7. The van der Waals surface area contributed by atoms with Gasteiger partial charge in [-0.2, -0.15) is 5.26 Å². The molecule has 0 spiro atoms. The van der Waals surface area contributed by atoms with Crippen LogP contribution < -0.4 is 5.76 Å². The van der Waals surface area contributed by atoms with Crippen molar-refractivity contribution < 1.29 is 18.4 Å². The molecule has 3 aliphatic rings. The summed E-state index contributed by atoms with van der Waals surface area (Å²) < 4.78 is 18.9. The smallest absolute Gasteiger partial charge is 0.420 e. The number of hydrogen-bond donors (Lipinski definition) is 0. The van der Waals surface area contributed by atoms with Crippen LogP contribution in [0.4, 0.5) is 0 Å². The number of nitriles is 1. The fourth-order valence-electron chi connectivity index (χ4n) is 7.14. The number of aromatic nitrogens is 5. The Bertz CT molecular complexity index is 2080. The lowest BCUT2D eigenvalue weighted by Gasteiger charge is -2.23. The van der Waals surface area contributed by atoms with Gasteiger partial charge in [0.15, 0.2) is 5.58 Å². The van der Waals surface area contributed by atoms with Gasteiger partial charge in [0.25, 0.3) is 5.91 Å². The fourth-order valence-corrected chi connectivity index (χ4v) is 7.14. The molecule has 0 radical (unpaired) electrons. The first-order chi connectivity index (χ1) is 22.5. The Labute approximate surface area is 263 Å². The number of amides is 1. The van der Waals surface area contributed by atoms with Gasteiger partial charge in [-0.1, -0.05) is 6.07 Å². The van der Waals surface area contributed by atoms with Crippen molar-refractivity contribution >= 4 is 17.0 Å². The predicted molar refractivity (Wildman–Crippen MR) is 165 cm³/mol. The zero-order valence-electron chi connectivity index (χ0n) is 25.4. The van der Waals surface area contributed by atoms with Crippen LogP contribution in [0.15, 0.2) is 50.2 Å². The molecule has 0 N–H and O–H groups in total. The van der Waals surface area contributed by atoms with Crippen molar-refractivity contribution in [3.63, 3.8) is 0 Å². The monoisotopic (exact) mass is 617 g/mol. The maximum atomic E-state index is 14.0. The molecule has 1 atom stereocenters. The van der Waals surface area contributed by atoms with Gasteiger partial charge < -0.3 is 18.5 Å². The molecule has 46 heavy (non-hydrogen) atoms. The van der Waals surface area contributed by atoms with E-state index in [0.717, 1.165) is 56.7 Å². The molecule has 0 unspecified atom stereocenters. The molecule has 1 amide bonds. The highest BCUT2D eigenvalue weighted by Gasteiger charge is 2.44. The minimum atomic E-state index is -0.528. The van der Waals surface area contributed by atoms with Crippen LogP contribution in [0, 0.1) is 24.2 Å². The molecule has 2 saturated heterocycles. The van der Waals surface area contributed by atoms with Crippen LogP contribution in [-0.2, 0) is 17.7 Å². The molecule has 232 valence electrons. The van der Waals surface area contributed by atoms with Gasteiger partial charge >= 0.3 is 5.76 Å². The lowest BCUT2D eigenvalue weighted by atomic mass is 9.88. The molecule has 12 heteroatoms. The minimum Gasteiger partial charge on any atom is -0.421 e. The van der Waals surface area contributed by atoms with Crippen molar-refractivity contribution in [1.29, 1.82) is 5.26 Å². The molecule has 12 nitrogen and oxygen atoms in total. The summed E-state index contributed by atoms with van der Waals surface area (Å²) in [5.74, 6) is 0.666. The Morgan fingerprint density at radius 2 is 1.89 bits per heavy atom. The number of fused-ring (bicyclic) bond motifs is 4. The average molecular weight is 618 g/mol. The Kier molecular flexibility index (Phi) is 6.98. The van der Waals surface area contributed by atoms with Gasteiger partial charge in [-0.15, -0.1) is 10.2 Å². The van der Waals surface area contributed by atoms with Gasteiger partial charge in [-0.05, 0) is 74.3 Å². The van der Waals surface area contributed by atoms with Crippen molar-refractivity contribution in [3.8, 4) is 28.7 Å². The molecule has 4 aromatic heterocycles. The van der Waals surface area contributed by atoms with E-state index in [0.29, 0.717) is 75.3 Å². The topological polar surface area (TPSA) is 153 Å². The first-order valence-electron chi connectivity index (χ1n) is 15.7. The Balaban J connectivity index is 1.28. The normalized spacial score (nSPS) is 17.9. The van der Waals surface area contributed by atoms with Crippen LogP contribution in [0.3, 0.4) is 0 Å². The van der Waals surface area contributed by atoms with Crippen molar-refractivity contribution in [1.82, 2.24) is 29.6 Å². The lowest BCUT2D eigenvalue weighted by molar-refractivity contribution is 0.0639. The zero-order chi connectivity index (χ0) is 31.4. The number of pyridine rings is 2. The Hall–Kier alpha value is -5.15. The molecule has 8 rings (SSSR count). The van der Waals surface area contributed by atoms with Crippen molar-refractivity contribution in [2.75, 3.05) is 19.8 Å². The highest BCUT2D eigenvalue weighted by molar-refractivity contribution is 6.08. The number of aryl methyl sites for hydroxylation is 2. The molecule has 3 aliphatic heterocycles. The van der Waals surface area contributed by atoms with Crippen molar-refractivity contribution in [2.24, 2.45) is 5.92 Å². The molecule has 0 aliphatic carbocycles. The summed E-state index contributed by atoms with van der Waals surface area (Å²) in [6.07, 6.45) is 6.91. The first-order valence-corrected chi connectivity index (χ1v) is 15.7. The summed E-state index contributed by atoms with van der Waals surface area (Å²) in [7, 11) is 0. The molecular weight excluding hydrogens is 586 g/mol.